The van der Waals surface area contributed by atoms with E-state index in [9.17, 15) is 4.79 Å². The molecule has 25 heavy (non-hydrogen) atoms. The molecule has 1 N–H and O–H groups in total. The predicted octanol–water partition coefficient (Wildman–Crippen LogP) is 4.11. The SMILES string of the molecule is CCCCCn1c(C(C)NC(=O)c2cccnc2)nc2ccccc21. The number of benzene rings is 1. The first kappa shape index (κ1) is 17.1. The van der Waals surface area contributed by atoms with Crippen molar-refractivity contribution in [3.05, 3.63) is 60.2 Å². The third-order valence-electron chi connectivity index (χ3n) is 4.33. The first-order chi connectivity index (χ1) is 12.2. The number of fused-ring (bicyclic) bond motifs is 1. The van der Waals surface area contributed by atoms with Gasteiger partial charge in [0.05, 0.1) is 22.6 Å². The summed E-state index contributed by atoms with van der Waals surface area (Å²) in [5.74, 6) is 0.766. The number of hydrogen-bond donors (Lipinski definition) is 1. The molecule has 0 saturated heterocycles. The minimum Gasteiger partial charge on any atom is -0.342 e. The summed E-state index contributed by atoms with van der Waals surface area (Å²) in [6, 6.07) is 11.5. The smallest absolute Gasteiger partial charge is 0.253 e. The lowest BCUT2D eigenvalue weighted by Gasteiger charge is -2.16. The Labute approximate surface area is 148 Å². The summed E-state index contributed by atoms with van der Waals surface area (Å²) in [5, 5.41) is 3.04. The summed E-state index contributed by atoms with van der Waals surface area (Å²) in [7, 11) is 0. The van der Waals surface area contributed by atoms with Gasteiger partial charge in [-0.3, -0.25) is 9.78 Å². The van der Waals surface area contributed by atoms with Gasteiger partial charge in [0.15, 0.2) is 0 Å². The van der Waals surface area contributed by atoms with Crippen LogP contribution in [0.15, 0.2) is 48.8 Å². The Morgan fingerprint density at radius 2 is 2.04 bits per heavy atom. The minimum absolute atomic E-state index is 0.132. The molecule has 3 rings (SSSR count). The van der Waals surface area contributed by atoms with Crippen LogP contribution < -0.4 is 5.32 Å². The van der Waals surface area contributed by atoms with E-state index in [-0.39, 0.29) is 11.9 Å². The van der Waals surface area contributed by atoms with Crippen molar-refractivity contribution < 1.29 is 4.79 Å². The highest BCUT2D eigenvalue weighted by atomic mass is 16.1. The Balaban J connectivity index is 1.85. The van der Waals surface area contributed by atoms with Crippen LogP contribution in [0.5, 0.6) is 0 Å². The van der Waals surface area contributed by atoms with Crippen LogP contribution >= 0.6 is 0 Å². The van der Waals surface area contributed by atoms with E-state index in [2.05, 4.69) is 27.9 Å². The van der Waals surface area contributed by atoms with E-state index < -0.39 is 0 Å². The molecule has 0 aliphatic rings. The zero-order valence-electron chi connectivity index (χ0n) is 14.8. The quantitative estimate of drug-likeness (QED) is 0.660. The average molecular weight is 336 g/mol. The van der Waals surface area contributed by atoms with E-state index in [1.165, 1.54) is 12.8 Å². The number of para-hydroxylation sites is 2. The molecule has 1 amide bonds. The molecule has 0 fully saturated rings. The second-order valence-electron chi connectivity index (χ2n) is 6.25. The van der Waals surface area contributed by atoms with Crippen LogP contribution in [0, 0.1) is 0 Å². The lowest BCUT2D eigenvalue weighted by atomic mass is 10.2. The van der Waals surface area contributed by atoms with E-state index in [1.807, 2.05) is 25.1 Å². The van der Waals surface area contributed by atoms with Crippen molar-refractivity contribution in [3.8, 4) is 0 Å². The van der Waals surface area contributed by atoms with Crippen LogP contribution in [-0.4, -0.2) is 20.4 Å². The van der Waals surface area contributed by atoms with Gasteiger partial charge in [0.2, 0.25) is 0 Å². The van der Waals surface area contributed by atoms with Crippen molar-refractivity contribution in [2.45, 2.75) is 45.7 Å². The summed E-state index contributed by atoms with van der Waals surface area (Å²) in [6.45, 7) is 5.09. The molecule has 0 bridgehead atoms. The Kier molecular flexibility index (Phi) is 5.43. The van der Waals surface area contributed by atoms with Crippen molar-refractivity contribution in [2.75, 3.05) is 0 Å². The first-order valence-corrected chi connectivity index (χ1v) is 8.86. The van der Waals surface area contributed by atoms with E-state index in [0.29, 0.717) is 5.56 Å². The zero-order chi connectivity index (χ0) is 17.6. The molecule has 1 atom stereocenters. The maximum atomic E-state index is 12.4. The number of aryl methyl sites for hydroxylation is 1. The van der Waals surface area contributed by atoms with Gasteiger partial charge in [-0.15, -0.1) is 0 Å². The predicted molar refractivity (Wildman–Crippen MR) is 99.4 cm³/mol. The molecule has 0 aliphatic carbocycles. The normalized spacial score (nSPS) is 12.2. The zero-order valence-corrected chi connectivity index (χ0v) is 14.8. The number of nitrogens with zero attached hydrogens (tertiary/aromatic N) is 3. The lowest BCUT2D eigenvalue weighted by Crippen LogP contribution is -2.28. The fourth-order valence-corrected chi connectivity index (χ4v) is 3.02. The fraction of sp³-hybridized carbons (Fsp3) is 0.350. The molecule has 0 aliphatic heterocycles. The van der Waals surface area contributed by atoms with Crippen LogP contribution in [0.1, 0.15) is 55.3 Å². The van der Waals surface area contributed by atoms with E-state index in [4.69, 9.17) is 4.98 Å². The Hall–Kier alpha value is -2.69. The highest BCUT2D eigenvalue weighted by Gasteiger charge is 2.18. The third kappa shape index (κ3) is 3.87. The lowest BCUT2D eigenvalue weighted by molar-refractivity contribution is 0.0937. The molecule has 3 aromatic rings. The Bertz CT molecular complexity index is 841. The largest absolute Gasteiger partial charge is 0.342 e. The van der Waals surface area contributed by atoms with Crippen LogP contribution in [-0.2, 0) is 6.54 Å². The van der Waals surface area contributed by atoms with Crippen LogP contribution in [0.25, 0.3) is 11.0 Å². The minimum atomic E-state index is -0.179. The number of aromatic nitrogens is 3. The monoisotopic (exact) mass is 336 g/mol. The van der Waals surface area contributed by atoms with E-state index in [1.54, 1.807) is 24.5 Å². The fourth-order valence-electron chi connectivity index (χ4n) is 3.02. The van der Waals surface area contributed by atoms with Crippen LogP contribution in [0.2, 0.25) is 0 Å². The van der Waals surface area contributed by atoms with Gasteiger partial charge < -0.3 is 9.88 Å². The Morgan fingerprint density at radius 1 is 1.20 bits per heavy atom. The highest BCUT2D eigenvalue weighted by molar-refractivity contribution is 5.94. The molecule has 2 aromatic heterocycles. The number of carbonyl (C=O) groups is 1. The molecular formula is C20H24N4O. The van der Waals surface area contributed by atoms with E-state index >= 15 is 0 Å². The summed E-state index contributed by atoms with van der Waals surface area (Å²) >= 11 is 0. The topological polar surface area (TPSA) is 59.8 Å². The molecule has 0 spiro atoms. The number of nitrogens with one attached hydrogen (secondary N) is 1. The molecule has 2 heterocycles. The number of unbranched alkanes of at least 4 members (excludes halogenated alkanes) is 2. The van der Waals surface area contributed by atoms with Crippen molar-refractivity contribution in [2.24, 2.45) is 0 Å². The summed E-state index contributed by atoms with van der Waals surface area (Å²) < 4.78 is 2.24. The summed E-state index contributed by atoms with van der Waals surface area (Å²) in [4.78, 5) is 21.2. The van der Waals surface area contributed by atoms with Gasteiger partial charge >= 0.3 is 0 Å². The highest BCUT2D eigenvalue weighted by Crippen LogP contribution is 2.22. The number of imidazole rings is 1. The first-order valence-electron chi connectivity index (χ1n) is 8.86. The van der Waals surface area contributed by atoms with Crippen molar-refractivity contribution in [1.29, 1.82) is 0 Å². The molecule has 5 nitrogen and oxygen atoms in total. The second-order valence-corrected chi connectivity index (χ2v) is 6.25. The third-order valence-corrected chi connectivity index (χ3v) is 4.33. The van der Waals surface area contributed by atoms with Gasteiger partial charge in [-0.05, 0) is 37.6 Å². The maximum Gasteiger partial charge on any atom is 0.253 e. The maximum absolute atomic E-state index is 12.4. The van der Waals surface area contributed by atoms with Gasteiger partial charge in [0, 0.05) is 18.9 Å². The number of rotatable bonds is 7. The number of carbonyl (C=O) groups excluding carboxylic acids is 1. The number of amides is 1. The number of hydrogen-bond acceptors (Lipinski definition) is 3. The van der Waals surface area contributed by atoms with Crippen LogP contribution in [0.4, 0.5) is 0 Å². The standard InChI is InChI=1S/C20H24N4O/c1-3-4-7-13-24-18-11-6-5-10-17(18)23-19(24)15(2)22-20(25)16-9-8-12-21-14-16/h5-6,8-12,14-15H,3-4,7,13H2,1-2H3,(H,22,25). The molecular weight excluding hydrogens is 312 g/mol. The molecule has 1 unspecified atom stereocenters. The Morgan fingerprint density at radius 3 is 2.80 bits per heavy atom. The molecule has 5 heteroatoms. The summed E-state index contributed by atoms with van der Waals surface area (Å²) in [6.07, 6.45) is 6.70. The summed E-state index contributed by atoms with van der Waals surface area (Å²) in [5.41, 5.74) is 2.65. The van der Waals surface area contributed by atoms with E-state index in [0.717, 1.165) is 29.8 Å². The van der Waals surface area contributed by atoms with Crippen LogP contribution in [0.3, 0.4) is 0 Å². The number of pyridine rings is 1. The average Bonchev–Trinajstić information content (AvgIpc) is 3.01. The van der Waals surface area contributed by atoms with Crippen molar-refractivity contribution in [1.82, 2.24) is 19.9 Å². The van der Waals surface area contributed by atoms with Gasteiger partial charge in [-0.2, -0.15) is 0 Å². The molecule has 1 aromatic carbocycles. The molecule has 0 radical (unpaired) electrons. The second kappa shape index (κ2) is 7.92. The molecule has 0 saturated carbocycles. The van der Waals surface area contributed by atoms with Gasteiger partial charge in [0.1, 0.15) is 5.82 Å². The van der Waals surface area contributed by atoms with Gasteiger partial charge in [0.25, 0.3) is 5.91 Å². The van der Waals surface area contributed by atoms with Gasteiger partial charge in [-0.1, -0.05) is 31.9 Å². The van der Waals surface area contributed by atoms with Gasteiger partial charge in [-0.25, -0.2) is 4.98 Å². The van der Waals surface area contributed by atoms with Crippen molar-refractivity contribution in [3.63, 3.8) is 0 Å². The van der Waals surface area contributed by atoms with Crippen molar-refractivity contribution >= 4 is 16.9 Å². The molecule has 130 valence electrons.